The lowest BCUT2D eigenvalue weighted by Crippen LogP contribution is -2.29. The van der Waals surface area contributed by atoms with Crippen molar-refractivity contribution in [2.75, 3.05) is 11.9 Å². The standard InChI is InChI=1S/C15H21N3O/c1-2-3-7-12(10-16)17-14-9-11-6-4-5-8-13(11)15(19)18-14/h4-6,8-9,12H,2-3,7,10,16H2,1H3,(H2,17,18,19). The highest BCUT2D eigenvalue weighted by Gasteiger charge is 2.07. The van der Waals surface area contributed by atoms with Gasteiger partial charge in [-0.05, 0) is 23.9 Å². The first-order chi connectivity index (χ1) is 9.24. The molecule has 1 aromatic carbocycles. The number of nitrogens with one attached hydrogen (secondary N) is 2. The maximum atomic E-state index is 12.0. The van der Waals surface area contributed by atoms with E-state index in [4.69, 9.17) is 5.73 Å². The lowest BCUT2D eigenvalue weighted by Gasteiger charge is -2.17. The first kappa shape index (κ1) is 13.6. The minimum atomic E-state index is -0.0631. The fourth-order valence-corrected chi connectivity index (χ4v) is 2.21. The molecule has 0 radical (unpaired) electrons. The molecule has 0 aliphatic rings. The fourth-order valence-electron chi connectivity index (χ4n) is 2.21. The van der Waals surface area contributed by atoms with Crippen LogP contribution in [0, 0.1) is 0 Å². The van der Waals surface area contributed by atoms with E-state index in [-0.39, 0.29) is 11.6 Å². The zero-order valence-corrected chi connectivity index (χ0v) is 11.3. The van der Waals surface area contributed by atoms with Crippen molar-refractivity contribution in [3.8, 4) is 0 Å². The molecule has 4 N–H and O–H groups in total. The van der Waals surface area contributed by atoms with Crippen LogP contribution in [0.25, 0.3) is 10.8 Å². The first-order valence-electron chi connectivity index (χ1n) is 6.83. The van der Waals surface area contributed by atoms with E-state index in [1.54, 1.807) is 0 Å². The lowest BCUT2D eigenvalue weighted by molar-refractivity contribution is 0.612. The minimum Gasteiger partial charge on any atom is -0.368 e. The summed E-state index contributed by atoms with van der Waals surface area (Å²) in [4.78, 5) is 14.8. The molecule has 0 spiro atoms. The van der Waals surface area contributed by atoms with Crippen LogP contribution in [0.1, 0.15) is 26.2 Å². The smallest absolute Gasteiger partial charge is 0.257 e. The molecule has 0 aliphatic heterocycles. The number of hydrogen-bond donors (Lipinski definition) is 3. The summed E-state index contributed by atoms with van der Waals surface area (Å²) in [5.74, 6) is 0.746. The molecule has 0 saturated heterocycles. The van der Waals surface area contributed by atoms with E-state index >= 15 is 0 Å². The summed E-state index contributed by atoms with van der Waals surface area (Å²) < 4.78 is 0. The van der Waals surface area contributed by atoms with Gasteiger partial charge in [0.25, 0.3) is 5.56 Å². The molecule has 0 saturated carbocycles. The Labute approximate surface area is 113 Å². The molecular weight excluding hydrogens is 238 g/mol. The molecule has 1 unspecified atom stereocenters. The monoisotopic (exact) mass is 259 g/mol. The number of aromatic nitrogens is 1. The average molecular weight is 259 g/mol. The number of hydrogen-bond acceptors (Lipinski definition) is 3. The van der Waals surface area contributed by atoms with E-state index in [1.165, 1.54) is 0 Å². The van der Waals surface area contributed by atoms with E-state index in [0.29, 0.717) is 11.9 Å². The van der Waals surface area contributed by atoms with Crippen molar-refractivity contribution in [2.45, 2.75) is 32.2 Å². The number of unbranched alkanes of at least 4 members (excludes halogenated alkanes) is 1. The van der Waals surface area contributed by atoms with Gasteiger partial charge in [-0.3, -0.25) is 4.79 Å². The van der Waals surface area contributed by atoms with Crippen molar-refractivity contribution in [1.82, 2.24) is 4.98 Å². The molecule has 1 atom stereocenters. The number of H-pyrrole nitrogens is 1. The number of pyridine rings is 1. The van der Waals surface area contributed by atoms with Gasteiger partial charge in [0.05, 0.1) is 0 Å². The van der Waals surface area contributed by atoms with Gasteiger partial charge in [0.2, 0.25) is 0 Å². The Morgan fingerprint density at radius 2 is 2.16 bits per heavy atom. The van der Waals surface area contributed by atoms with E-state index in [2.05, 4.69) is 17.2 Å². The Morgan fingerprint density at radius 3 is 2.89 bits per heavy atom. The predicted octanol–water partition coefficient (Wildman–Crippen LogP) is 2.46. The quantitative estimate of drug-likeness (QED) is 0.746. The molecule has 0 amide bonds. The minimum absolute atomic E-state index is 0.0631. The number of rotatable bonds is 6. The summed E-state index contributed by atoms with van der Waals surface area (Å²) in [5.41, 5.74) is 5.69. The lowest BCUT2D eigenvalue weighted by atomic mass is 10.1. The molecule has 19 heavy (non-hydrogen) atoms. The Kier molecular flexibility index (Phi) is 4.58. The second kappa shape index (κ2) is 6.38. The van der Waals surface area contributed by atoms with Gasteiger partial charge >= 0.3 is 0 Å². The van der Waals surface area contributed by atoms with Gasteiger partial charge in [-0.1, -0.05) is 38.0 Å². The normalized spacial score (nSPS) is 12.5. The summed E-state index contributed by atoms with van der Waals surface area (Å²) in [6, 6.07) is 9.74. The highest BCUT2D eigenvalue weighted by molar-refractivity contribution is 5.83. The highest BCUT2D eigenvalue weighted by atomic mass is 16.1. The van der Waals surface area contributed by atoms with Gasteiger partial charge in [0.1, 0.15) is 5.82 Å². The maximum Gasteiger partial charge on any atom is 0.257 e. The number of benzene rings is 1. The topological polar surface area (TPSA) is 70.9 Å². The summed E-state index contributed by atoms with van der Waals surface area (Å²) in [5, 5.41) is 4.97. The molecule has 0 aliphatic carbocycles. The second-order valence-corrected chi connectivity index (χ2v) is 4.82. The Morgan fingerprint density at radius 1 is 1.37 bits per heavy atom. The van der Waals surface area contributed by atoms with Crippen LogP contribution in [0.2, 0.25) is 0 Å². The molecule has 4 nitrogen and oxygen atoms in total. The zero-order valence-electron chi connectivity index (χ0n) is 11.3. The third kappa shape index (κ3) is 3.35. The zero-order chi connectivity index (χ0) is 13.7. The van der Waals surface area contributed by atoms with E-state index < -0.39 is 0 Å². The fraction of sp³-hybridized carbons (Fsp3) is 0.400. The van der Waals surface area contributed by atoms with Gasteiger partial charge in [-0.2, -0.15) is 0 Å². The van der Waals surface area contributed by atoms with Gasteiger partial charge in [0.15, 0.2) is 0 Å². The summed E-state index contributed by atoms with van der Waals surface area (Å²) in [6.45, 7) is 2.72. The van der Waals surface area contributed by atoms with Crippen molar-refractivity contribution in [2.24, 2.45) is 5.73 Å². The van der Waals surface area contributed by atoms with E-state index in [9.17, 15) is 4.79 Å². The molecule has 1 aromatic heterocycles. The van der Waals surface area contributed by atoms with Crippen molar-refractivity contribution in [3.05, 3.63) is 40.7 Å². The van der Waals surface area contributed by atoms with Gasteiger partial charge in [-0.25, -0.2) is 0 Å². The van der Waals surface area contributed by atoms with Crippen LogP contribution in [0.5, 0.6) is 0 Å². The number of anilines is 1. The van der Waals surface area contributed by atoms with E-state index in [0.717, 1.165) is 30.5 Å². The SMILES string of the molecule is CCCCC(CN)Nc1cc2ccccc2c(=O)[nH]1. The van der Waals surface area contributed by atoms with Crippen LogP contribution in [0.4, 0.5) is 5.82 Å². The summed E-state index contributed by atoms with van der Waals surface area (Å²) in [6.07, 6.45) is 3.29. The van der Waals surface area contributed by atoms with Crippen LogP contribution in [-0.2, 0) is 0 Å². The number of aromatic amines is 1. The maximum absolute atomic E-state index is 12.0. The largest absolute Gasteiger partial charge is 0.368 e. The molecular formula is C15H21N3O. The third-order valence-electron chi connectivity index (χ3n) is 3.30. The molecule has 2 rings (SSSR count). The first-order valence-corrected chi connectivity index (χ1v) is 6.83. The van der Waals surface area contributed by atoms with Crippen LogP contribution in [0.15, 0.2) is 35.1 Å². The van der Waals surface area contributed by atoms with Crippen molar-refractivity contribution in [1.29, 1.82) is 0 Å². The molecule has 1 heterocycles. The van der Waals surface area contributed by atoms with Crippen LogP contribution in [-0.4, -0.2) is 17.6 Å². The Balaban J connectivity index is 2.23. The predicted molar refractivity (Wildman–Crippen MR) is 80.6 cm³/mol. The molecule has 102 valence electrons. The summed E-state index contributed by atoms with van der Waals surface area (Å²) >= 11 is 0. The Hall–Kier alpha value is -1.81. The van der Waals surface area contributed by atoms with Crippen molar-refractivity contribution >= 4 is 16.6 Å². The Bertz CT molecular complexity index is 591. The van der Waals surface area contributed by atoms with Gasteiger partial charge in [0, 0.05) is 18.0 Å². The molecule has 4 heteroatoms. The van der Waals surface area contributed by atoms with Gasteiger partial charge in [-0.15, -0.1) is 0 Å². The van der Waals surface area contributed by atoms with Crippen molar-refractivity contribution < 1.29 is 0 Å². The average Bonchev–Trinajstić information content (AvgIpc) is 2.43. The molecule has 0 bridgehead atoms. The third-order valence-corrected chi connectivity index (χ3v) is 3.30. The van der Waals surface area contributed by atoms with Gasteiger partial charge < -0.3 is 16.0 Å². The second-order valence-electron chi connectivity index (χ2n) is 4.82. The molecule has 0 fully saturated rings. The number of nitrogens with two attached hydrogens (primary N) is 1. The van der Waals surface area contributed by atoms with E-state index in [1.807, 2.05) is 30.3 Å². The van der Waals surface area contributed by atoms with Crippen LogP contribution >= 0.6 is 0 Å². The number of fused-ring (bicyclic) bond motifs is 1. The molecule has 2 aromatic rings. The highest BCUT2D eigenvalue weighted by Crippen LogP contribution is 2.14. The van der Waals surface area contributed by atoms with Crippen LogP contribution in [0.3, 0.4) is 0 Å². The summed E-state index contributed by atoms with van der Waals surface area (Å²) in [7, 11) is 0. The van der Waals surface area contributed by atoms with Crippen LogP contribution < -0.4 is 16.6 Å². The van der Waals surface area contributed by atoms with Crippen molar-refractivity contribution in [3.63, 3.8) is 0 Å².